The molecule has 2 nitrogen and oxygen atoms in total. The lowest BCUT2D eigenvalue weighted by Gasteiger charge is -2.24. The SMILES string of the molecule is CC(C)C(C)(O)c1nccs1. The first kappa shape index (κ1) is 8.68. The van der Waals surface area contributed by atoms with Gasteiger partial charge < -0.3 is 5.11 Å². The second-order valence-electron chi connectivity index (χ2n) is 3.14. The van der Waals surface area contributed by atoms with Gasteiger partial charge in [0.05, 0.1) is 0 Å². The van der Waals surface area contributed by atoms with Crippen LogP contribution in [-0.2, 0) is 5.60 Å². The highest BCUT2D eigenvalue weighted by atomic mass is 32.1. The summed E-state index contributed by atoms with van der Waals surface area (Å²) < 4.78 is 0. The van der Waals surface area contributed by atoms with Gasteiger partial charge in [0.15, 0.2) is 0 Å². The molecule has 0 bridgehead atoms. The maximum atomic E-state index is 9.90. The highest BCUT2D eigenvalue weighted by Crippen LogP contribution is 2.29. The normalized spacial score (nSPS) is 16.8. The Morgan fingerprint density at radius 1 is 1.64 bits per heavy atom. The number of hydrogen-bond acceptors (Lipinski definition) is 3. The summed E-state index contributed by atoms with van der Waals surface area (Å²) >= 11 is 1.50. The molecule has 0 aromatic carbocycles. The molecule has 0 aliphatic carbocycles. The molecule has 3 heteroatoms. The Morgan fingerprint density at radius 3 is 2.64 bits per heavy atom. The van der Waals surface area contributed by atoms with Crippen molar-refractivity contribution in [1.82, 2.24) is 4.98 Å². The van der Waals surface area contributed by atoms with E-state index < -0.39 is 5.60 Å². The fourth-order valence-corrected chi connectivity index (χ4v) is 1.57. The van der Waals surface area contributed by atoms with E-state index in [1.54, 1.807) is 13.1 Å². The van der Waals surface area contributed by atoms with E-state index in [-0.39, 0.29) is 5.92 Å². The van der Waals surface area contributed by atoms with Crippen LogP contribution in [0.2, 0.25) is 0 Å². The van der Waals surface area contributed by atoms with Gasteiger partial charge in [0.1, 0.15) is 10.6 Å². The lowest BCUT2D eigenvalue weighted by atomic mass is 9.93. The van der Waals surface area contributed by atoms with Gasteiger partial charge in [0.2, 0.25) is 0 Å². The molecule has 1 rings (SSSR count). The third-order valence-corrected chi connectivity index (χ3v) is 2.99. The number of hydrogen-bond donors (Lipinski definition) is 1. The molecule has 1 unspecified atom stereocenters. The van der Waals surface area contributed by atoms with Crippen molar-refractivity contribution in [3.05, 3.63) is 16.6 Å². The maximum absolute atomic E-state index is 9.90. The molecule has 0 spiro atoms. The summed E-state index contributed by atoms with van der Waals surface area (Å²) in [5.41, 5.74) is -0.770. The standard InChI is InChI=1S/C8H13NOS/c1-6(2)8(3,10)7-9-4-5-11-7/h4-6,10H,1-3H3. The van der Waals surface area contributed by atoms with Gasteiger partial charge in [-0.3, -0.25) is 0 Å². The first-order valence-electron chi connectivity index (χ1n) is 3.67. The van der Waals surface area contributed by atoms with Gasteiger partial charge in [-0.2, -0.15) is 0 Å². The van der Waals surface area contributed by atoms with Crippen LogP contribution < -0.4 is 0 Å². The minimum atomic E-state index is -0.770. The maximum Gasteiger partial charge on any atom is 0.124 e. The minimum absolute atomic E-state index is 0.202. The quantitative estimate of drug-likeness (QED) is 0.738. The summed E-state index contributed by atoms with van der Waals surface area (Å²) in [6, 6.07) is 0. The Kier molecular flexibility index (Phi) is 2.30. The van der Waals surface area contributed by atoms with Crippen LogP contribution in [0.1, 0.15) is 25.8 Å². The average Bonchev–Trinajstić information content (AvgIpc) is 2.37. The zero-order chi connectivity index (χ0) is 8.48. The highest BCUT2D eigenvalue weighted by molar-refractivity contribution is 7.09. The molecule has 1 atom stereocenters. The van der Waals surface area contributed by atoms with Crippen molar-refractivity contribution in [3.63, 3.8) is 0 Å². The predicted molar refractivity (Wildman–Crippen MR) is 46.5 cm³/mol. The van der Waals surface area contributed by atoms with E-state index >= 15 is 0 Å². The molecule has 11 heavy (non-hydrogen) atoms. The molecule has 1 N–H and O–H groups in total. The third kappa shape index (κ3) is 1.60. The van der Waals surface area contributed by atoms with E-state index in [0.29, 0.717) is 0 Å². The van der Waals surface area contributed by atoms with Gasteiger partial charge >= 0.3 is 0 Å². The van der Waals surface area contributed by atoms with Crippen molar-refractivity contribution in [1.29, 1.82) is 0 Å². The molecule has 0 fully saturated rings. The van der Waals surface area contributed by atoms with E-state index in [1.807, 2.05) is 19.2 Å². The van der Waals surface area contributed by atoms with Crippen molar-refractivity contribution in [3.8, 4) is 0 Å². The van der Waals surface area contributed by atoms with Crippen LogP contribution in [0.4, 0.5) is 0 Å². The molecule has 0 saturated carbocycles. The number of nitrogens with zero attached hydrogens (tertiary/aromatic N) is 1. The lowest BCUT2D eigenvalue weighted by Crippen LogP contribution is -2.27. The van der Waals surface area contributed by atoms with E-state index in [4.69, 9.17) is 0 Å². The fraction of sp³-hybridized carbons (Fsp3) is 0.625. The molecule has 1 heterocycles. The Labute approximate surface area is 70.9 Å². The number of aliphatic hydroxyl groups is 1. The molecule has 0 saturated heterocycles. The van der Waals surface area contributed by atoms with Crippen LogP contribution in [0.15, 0.2) is 11.6 Å². The number of thiazole rings is 1. The number of rotatable bonds is 2. The Bertz CT molecular complexity index is 216. The Hall–Kier alpha value is -0.410. The van der Waals surface area contributed by atoms with E-state index in [1.165, 1.54) is 11.3 Å². The first-order chi connectivity index (χ1) is 5.05. The second kappa shape index (κ2) is 2.91. The first-order valence-corrected chi connectivity index (χ1v) is 4.55. The van der Waals surface area contributed by atoms with Crippen LogP contribution >= 0.6 is 11.3 Å². The summed E-state index contributed by atoms with van der Waals surface area (Å²) in [6.45, 7) is 5.78. The van der Waals surface area contributed by atoms with Crippen LogP contribution in [0.25, 0.3) is 0 Å². The molecule has 1 aromatic rings. The second-order valence-corrected chi connectivity index (χ2v) is 4.03. The van der Waals surface area contributed by atoms with Gasteiger partial charge in [-0.15, -0.1) is 11.3 Å². The zero-order valence-corrected chi connectivity index (χ0v) is 7.85. The van der Waals surface area contributed by atoms with Gasteiger partial charge in [-0.1, -0.05) is 13.8 Å². The zero-order valence-electron chi connectivity index (χ0n) is 7.03. The molecule has 0 aliphatic rings. The van der Waals surface area contributed by atoms with E-state index in [2.05, 4.69) is 4.98 Å². The van der Waals surface area contributed by atoms with E-state index in [9.17, 15) is 5.11 Å². The largest absolute Gasteiger partial charge is 0.383 e. The molecule has 62 valence electrons. The van der Waals surface area contributed by atoms with Crippen molar-refractivity contribution < 1.29 is 5.11 Å². The summed E-state index contributed by atoms with van der Waals surface area (Å²) in [4.78, 5) is 4.08. The molecule has 0 amide bonds. The van der Waals surface area contributed by atoms with Crippen LogP contribution in [-0.4, -0.2) is 10.1 Å². The summed E-state index contributed by atoms with van der Waals surface area (Å²) in [5.74, 6) is 0.202. The van der Waals surface area contributed by atoms with Gasteiger partial charge in [-0.25, -0.2) is 4.98 Å². The van der Waals surface area contributed by atoms with Gasteiger partial charge in [-0.05, 0) is 12.8 Å². The monoisotopic (exact) mass is 171 g/mol. The van der Waals surface area contributed by atoms with Gasteiger partial charge in [0.25, 0.3) is 0 Å². The minimum Gasteiger partial charge on any atom is -0.383 e. The lowest BCUT2D eigenvalue weighted by molar-refractivity contribution is 0.00885. The van der Waals surface area contributed by atoms with Crippen molar-refractivity contribution in [2.75, 3.05) is 0 Å². The topological polar surface area (TPSA) is 33.1 Å². The van der Waals surface area contributed by atoms with Crippen molar-refractivity contribution in [2.24, 2.45) is 5.92 Å². The number of aromatic nitrogens is 1. The van der Waals surface area contributed by atoms with E-state index in [0.717, 1.165) is 5.01 Å². The van der Waals surface area contributed by atoms with Crippen molar-refractivity contribution in [2.45, 2.75) is 26.4 Å². The molecular formula is C8H13NOS. The smallest absolute Gasteiger partial charge is 0.124 e. The molecule has 0 aliphatic heterocycles. The average molecular weight is 171 g/mol. The molecule has 1 aromatic heterocycles. The summed E-state index contributed by atoms with van der Waals surface area (Å²) in [7, 11) is 0. The molecular weight excluding hydrogens is 158 g/mol. The summed E-state index contributed by atoms with van der Waals surface area (Å²) in [6.07, 6.45) is 1.72. The fourth-order valence-electron chi connectivity index (χ4n) is 0.720. The van der Waals surface area contributed by atoms with Crippen LogP contribution in [0.5, 0.6) is 0 Å². The Balaban J connectivity index is 2.90. The third-order valence-electron chi connectivity index (χ3n) is 1.99. The van der Waals surface area contributed by atoms with Crippen LogP contribution in [0.3, 0.4) is 0 Å². The molecule has 0 radical (unpaired) electrons. The predicted octanol–water partition coefficient (Wildman–Crippen LogP) is 2.01. The van der Waals surface area contributed by atoms with Gasteiger partial charge in [0, 0.05) is 11.6 Å². The summed E-state index contributed by atoms with van der Waals surface area (Å²) in [5, 5.41) is 12.6. The van der Waals surface area contributed by atoms with Crippen molar-refractivity contribution >= 4 is 11.3 Å². The Morgan fingerprint density at radius 2 is 2.27 bits per heavy atom. The van der Waals surface area contributed by atoms with Crippen LogP contribution in [0, 0.1) is 5.92 Å². The highest BCUT2D eigenvalue weighted by Gasteiger charge is 2.29.